The van der Waals surface area contributed by atoms with Gasteiger partial charge < -0.3 is 5.11 Å². The summed E-state index contributed by atoms with van der Waals surface area (Å²) < 4.78 is -0.906. The molecule has 0 heterocycles. The minimum Gasteiger partial charge on any atom is -0.480 e. The number of nitrogens with zero attached hydrogens (tertiary/aromatic N) is 1. The molecule has 0 amide bonds. The second-order valence-corrected chi connectivity index (χ2v) is 6.02. The Morgan fingerprint density at radius 3 is 2.61 bits per heavy atom. The van der Waals surface area contributed by atoms with Crippen molar-refractivity contribution >= 4 is 23.4 Å². The van der Waals surface area contributed by atoms with Gasteiger partial charge in [-0.2, -0.15) is 0 Å². The van der Waals surface area contributed by atoms with Crippen molar-refractivity contribution in [3.63, 3.8) is 0 Å². The molecule has 1 aromatic rings. The number of carbonyl (C=O) groups is 1. The number of rotatable bonds is 5. The average molecular weight is 269 g/mol. The number of hydrogen-bond donors (Lipinski definition) is 1. The fourth-order valence-electron chi connectivity index (χ4n) is 1.34. The van der Waals surface area contributed by atoms with E-state index in [0.717, 1.165) is 5.56 Å². The largest absolute Gasteiger partial charge is 0.480 e. The molecule has 0 fully saturated rings. The van der Waals surface area contributed by atoms with Crippen LogP contribution in [0.3, 0.4) is 0 Å². The van der Waals surface area contributed by atoms with Crippen molar-refractivity contribution in [3.8, 4) is 0 Å². The van der Waals surface area contributed by atoms with Gasteiger partial charge in [0.15, 0.2) is 0 Å². The molecule has 0 saturated carbocycles. The molecule has 6 heteroatoms. The third kappa shape index (κ3) is 3.22. The number of nitro benzene ring substituents is 1. The van der Waals surface area contributed by atoms with E-state index in [2.05, 4.69) is 0 Å². The van der Waals surface area contributed by atoms with Gasteiger partial charge in [0.05, 0.1) is 4.92 Å². The highest BCUT2D eigenvalue weighted by molar-refractivity contribution is 8.00. The van der Waals surface area contributed by atoms with E-state index in [1.807, 2.05) is 0 Å². The molecule has 0 aliphatic rings. The van der Waals surface area contributed by atoms with E-state index >= 15 is 0 Å². The Labute approximate surface area is 109 Å². The highest BCUT2D eigenvalue weighted by Crippen LogP contribution is 2.31. The molecule has 0 aliphatic heterocycles. The monoisotopic (exact) mass is 269 g/mol. The van der Waals surface area contributed by atoms with Gasteiger partial charge in [-0.15, -0.1) is 11.8 Å². The molecule has 98 valence electrons. The van der Waals surface area contributed by atoms with Gasteiger partial charge in [-0.1, -0.05) is 12.1 Å². The molecule has 1 aromatic carbocycles. The molecule has 0 unspecified atom stereocenters. The van der Waals surface area contributed by atoms with Crippen LogP contribution in [0.2, 0.25) is 0 Å². The normalized spacial score (nSPS) is 11.3. The molecule has 18 heavy (non-hydrogen) atoms. The van der Waals surface area contributed by atoms with Crippen LogP contribution >= 0.6 is 11.8 Å². The molecule has 1 N–H and O–H groups in total. The van der Waals surface area contributed by atoms with Crippen molar-refractivity contribution in [3.05, 3.63) is 39.4 Å². The van der Waals surface area contributed by atoms with Crippen LogP contribution in [0.25, 0.3) is 0 Å². The van der Waals surface area contributed by atoms with Crippen LogP contribution < -0.4 is 0 Å². The Bertz CT molecular complexity index is 485. The molecule has 0 bridgehead atoms. The molecule has 0 atom stereocenters. The van der Waals surface area contributed by atoms with Gasteiger partial charge in [0.25, 0.3) is 5.69 Å². The third-order valence-electron chi connectivity index (χ3n) is 2.72. The summed E-state index contributed by atoms with van der Waals surface area (Å²) in [7, 11) is 0. The summed E-state index contributed by atoms with van der Waals surface area (Å²) in [5.74, 6) is -0.456. The lowest BCUT2D eigenvalue weighted by atomic mass is 10.1. The van der Waals surface area contributed by atoms with Crippen molar-refractivity contribution in [2.45, 2.75) is 31.3 Å². The van der Waals surface area contributed by atoms with Gasteiger partial charge >= 0.3 is 5.97 Å². The maximum absolute atomic E-state index is 11.0. The van der Waals surface area contributed by atoms with Crippen LogP contribution in [0.4, 0.5) is 5.69 Å². The number of nitro groups is 1. The number of thioether (sulfide) groups is 1. The Morgan fingerprint density at radius 1 is 1.50 bits per heavy atom. The lowest BCUT2D eigenvalue weighted by Gasteiger charge is -2.18. The minimum absolute atomic E-state index is 0.0706. The van der Waals surface area contributed by atoms with E-state index in [1.165, 1.54) is 17.8 Å². The van der Waals surface area contributed by atoms with Crippen LogP contribution in [0.5, 0.6) is 0 Å². The Hall–Kier alpha value is -1.56. The number of benzene rings is 1. The average Bonchev–Trinajstić information content (AvgIpc) is 2.27. The minimum atomic E-state index is -0.906. The van der Waals surface area contributed by atoms with E-state index < -0.39 is 15.6 Å². The van der Waals surface area contributed by atoms with E-state index in [0.29, 0.717) is 11.3 Å². The van der Waals surface area contributed by atoms with Crippen molar-refractivity contribution < 1.29 is 14.8 Å². The quantitative estimate of drug-likeness (QED) is 0.656. The van der Waals surface area contributed by atoms with Crippen LogP contribution in [0.1, 0.15) is 25.0 Å². The van der Waals surface area contributed by atoms with Gasteiger partial charge in [0, 0.05) is 17.4 Å². The molecule has 0 aliphatic carbocycles. The summed E-state index contributed by atoms with van der Waals surface area (Å²) in [4.78, 5) is 21.3. The van der Waals surface area contributed by atoms with Crippen molar-refractivity contribution in [2.75, 3.05) is 0 Å². The molecule has 0 spiro atoms. The van der Waals surface area contributed by atoms with Crippen LogP contribution in [0.15, 0.2) is 18.2 Å². The number of carboxylic acids is 1. The predicted octanol–water partition coefficient (Wildman–Crippen LogP) is 3.00. The van der Waals surface area contributed by atoms with Crippen LogP contribution in [-0.4, -0.2) is 20.7 Å². The number of hydrogen-bond acceptors (Lipinski definition) is 4. The SMILES string of the molecule is Cc1c(CSC(C)(C)C(=O)O)cccc1[N+](=O)[O-]. The fourth-order valence-corrected chi connectivity index (χ4v) is 2.30. The molecule has 5 nitrogen and oxygen atoms in total. The summed E-state index contributed by atoms with van der Waals surface area (Å²) in [6, 6.07) is 4.86. The Kier molecular flexibility index (Phi) is 4.34. The van der Waals surface area contributed by atoms with Crippen molar-refractivity contribution in [1.82, 2.24) is 0 Å². The first-order valence-electron chi connectivity index (χ1n) is 5.36. The smallest absolute Gasteiger partial charge is 0.319 e. The molecule has 0 saturated heterocycles. The maximum atomic E-state index is 11.0. The first-order valence-corrected chi connectivity index (χ1v) is 6.34. The molecule has 0 aromatic heterocycles. The fraction of sp³-hybridized carbons (Fsp3) is 0.417. The molecular formula is C12H15NO4S. The summed E-state index contributed by atoms with van der Waals surface area (Å²) in [6.45, 7) is 4.92. The van der Waals surface area contributed by atoms with Gasteiger partial charge in [-0.3, -0.25) is 14.9 Å². The maximum Gasteiger partial charge on any atom is 0.319 e. The molecule has 1 rings (SSSR count). The Balaban J connectivity index is 2.90. The van der Waals surface area contributed by atoms with Gasteiger partial charge in [-0.05, 0) is 26.3 Å². The van der Waals surface area contributed by atoms with E-state index in [9.17, 15) is 14.9 Å². The summed E-state index contributed by atoms with van der Waals surface area (Å²) in [5, 5.41) is 19.8. The zero-order valence-corrected chi connectivity index (χ0v) is 11.3. The first-order chi connectivity index (χ1) is 8.25. The number of carboxylic acid groups (broad SMARTS) is 1. The predicted molar refractivity (Wildman–Crippen MR) is 70.8 cm³/mol. The summed E-state index contributed by atoms with van der Waals surface area (Å²) in [6.07, 6.45) is 0. The lowest BCUT2D eigenvalue weighted by molar-refractivity contribution is -0.385. The summed E-state index contributed by atoms with van der Waals surface area (Å²) in [5.41, 5.74) is 1.46. The summed E-state index contributed by atoms with van der Waals surface area (Å²) >= 11 is 1.25. The molecule has 0 radical (unpaired) electrons. The topological polar surface area (TPSA) is 80.4 Å². The van der Waals surface area contributed by atoms with Crippen molar-refractivity contribution in [1.29, 1.82) is 0 Å². The van der Waals surface area contributed by atoms with E-state index in [-0.39, 0.29) is 5.69 Å². The van der Waals surface area contributed by atoms with Crippen LogP contribution in [0, 0.1) is 17.0 Å². The zero-order chi connectivity index (χ0) is 13.9. The highest BCUT2D eigenvalue weighted by Gasteiger charge is 2.28. The first kappa shape index (κ1) is 14.5. The lowest BCUT2D eigenvalue weighted by Crippen LogP contribution is -2.27. The number of aliphatic carboxylic acids is 1. The zero-order valence-electron chi connectivity index (χ0n) is 10.5. The Morgan fingerprint density at radius 2 is 2.11 bits per heavy atom. The van der Waals surface area contributed by atoms with Crippen molar-refractivity contribution in [2.24, 2.45) is 0 Å². The van der Waals surface area contributed by atoms with Crippen LogP contribution in [-0.2, 0) is 10.5 Å². The van der Waals surface area contributed by atoms with Gasteiger partial charge in [0.2, 0.25) is 0 Å². The van der Waals surface area contributed by atoms with E-state index in [4.69, 9.17) is 5.11 Å². The van der Waals surface area contributed by atoms with E-state index in [1.54, 1.807) is 32.9 Å². The van der Waals surface area contributed by atoms with Gasteiger partial charge in [0.1, 0.15) is 4.75 Å². The molecular weight excluding hydrogens is 254 g/mol. The second kappa shape index (κ2) is 5.39. The third-order valence-corrected chi connectivity index (χ3v) is 4.07. The van der Waals surface area contributed by atoms with Gasteiger partial charge in [-0.25, -0.2) is 0 Å². The second-order valence-electron chi connectivity index (χ2n) is 4.42. The standard InChI is InChI=1S/C12H15NO4S/c1-8-9(5-4-6-10(8)13(16)17)7-18-12(2,3)11(14)15/h4-6H,7H2,1-3H3,(H,14,15). The highest BCUT2D eigenvalue weighted by atomic mass is 32.2.